The normalized spacial score (nSPS) is 23.9. The van der Waals surface area contributed by atoms with Gasteiger partial charge in [0, 0.05) is 16.6 Å². The Labute approximate surface area is 146 Å². The van der Waals surface area contributed by atoms with Crippen LogP contribution in [0, 0.1) is 11.8 Å². The highest BCUT2D eigenvalue weighted by Gasteiger charge is 2.28. The summed E-state index contributed by atoms with van der Waals surface area (Å²) in [7, 11) is 0. The number of carbonyl (C=O) groups is 1. The van der Waals surface area contributed by atoms with Crippen molar-refractivity contribution in [2.45, 2.75) is 45.7 Å². The molecule has 0 unspecified atom stereocenters. The molecule has 1 aromatic carbocycles. The average Bonchev–Trinajstić information content (AvgIpc) is 3.01. The molecule has 2 aromatic rings. The van der Waals surface area contributed by atoms with Crippen LogP contribution in [0.5, 0.6) is 0 Å². The lowest BCUT2D eigenvalue weighted by atomic mass is 9.78. The van der Waals surface area contributed by atoms with Crippen molar-refractivity contribution in [2.24, 2.45) is 11.8 Å². The summed E-state index contributed by atoms with van der Waals surface area (Å²) in [5.74, 6) is 1.56. The van der Waals surface area contributed by atoms with Gasteiger partial charge < -0.3 is 5.32 Å². The van der Waals surface area contributed by atoms with Crippen LogP contribution in [0.3, 0.4) is 0 Å². The van der Waals surface area contributed by atoms with Gasteiger partial charge >= 0.3 is 0 Å². The lowest BCUT2D eigenvalue weighted by molar-refractivity contribution is -0.123. The molecule has 0 bridgehead atoms. The summed E-state index contributed by atoms with van der Waals surface area (Å²) in [5.41, 5.74) is 0.820. The number of amides is 1. The van der Waals surface area contributed by atoms with Gasteiger partial charge in [0.2, 0.25) is 11.7 Å². The molecule has 0 aliphatic heterocycles. The molecule has 3 atom stereocenters. The molecular formula is C17H22ClN5O. The van der Waals surface area contributed by atoms with Gasteiger partial charge in [-0.1, -0.05) is 38.3 Å². The number of nitrogens with zero attached hydrogens (tertiary/aromatic N) is 4. The van der Waals surface area contributed by atoms with Crippen molar-refractivity contribution >= 4 is 17.5 Å². The summed E-state index contributed by atoms with van der Waals surface area (Å²) in [6.45, 7) is 4.54. The molecule has 1 fully saturated rings. The van der Waals surface area contributed by atoms with Crippen molar-refractivity contribution in [2.75, 3.05) is 0 Å². The number of benzene rings is 1. The van der Waals surface area contributed by atoms with Crippen molar-refractivity contribution in [3.63, 3.8) is 0 Å². The molecule has 3 rings (SSSR count). The molecule has 24 heavy (non-hydrogen) atoms. The molecule has 0 radical (unpaired) electrons. The van der Waals surface area contributed by atoms with Crippen LogP contribution in [-0.2, 0) is 11.3 Å². The molecule has 0 spiro atoms. The zero-order valence-electron chi connectivity index (χ0n) is 13.9. The molecule has 1 heterocycles. The van der Waals surface area contributed by atoms with Crippen molar-refractivity contribution in [1.82, 2.24) is 25.5 Å². The van der Waals surface area contributed by atoms with E-state index in [2.05, 4.69) is 34.6 Å². The molecule has 6 nitrogen and oxygen atoms in total. The fourth-order valence-electron chi connectivity index (χ4n) is 3.19. The molecule has 128 valence electrons. The Morgan fingerprint density at radius 3 is 2.79 bits per heavy atom. The monoisotopic (exact) mass is 347 g/mol. The van der Waals surface area contributed by atoms with Crippen molar-refractivity contribution in [3.05, 3.63) is 29.3 Å². The third kappa shape index (κ3) is 3.93. The van der Waals surface area contributed by atoms with Gasteiger partial charge in [-0.3, -0.25) is 4.79 Å². The largest absolute Gasteiger partial charge is 0.351 e. The maximum Gasteiger partial charge on any atom is 0.243 e. The fourth-order valence-corrected chi connectivity index (χ4v) is 3.32. The summed E-state index contributed by atoms with van der Waals surface area (Å²) in [6.07, 6.45) is 3.44. The van der Waals surface area contributed by atoms with E-state index in [0.717, 1.165) is 12.0 Å². The summed E-state index contributed by atoms with van der Waals surface area (Å²) < 4.78 is 0. The zero-order valence-corrected chi connectivity index (χ0v) is 14.7. The molecule has 1 aliphatic rings. The second kappa shape index (κ2) is 7.30. The number of hydrogen-bond donors (Lipinski definition) is 1. The number of aromatic nitrogens is 4. The van der Waals surface area contributed by atoms with E-state index in [1.54, 1.807) is 12.1 Å². The van der Waals surface area contributed by atoms with Crippen molar-refractivity contribution in [3.8, 4) is 11.4 Å². The first kappa shape index (κ1) is 16.9. The first-order chi connectivity index (χ1) is 11.5. The van der Waals surface area contributed by atoms with Crippen LogP contribution >= 0.6 is 11.6 Å². The number of carbonyl (C=O) groups excluding carboxylic acids is 1. The van der Waals surface area contributed by atoms with E-state index in [9.17, 15) is 4.79 Å². The predicted molar refractivity (Wildman–Crippen MR) is 92.4 cm³/mol. The zero-order chi connectivity index (χ0) is 17.1. The SMILES string of the molecule is C[C@H]1[C@H](C)CCC[C@@H]1NC(=O)Cn1nnc(-c2ccc(Cl)cc2)n1. The molecule has 1 amide bonds. The van der Waals surface area contributed by atoms with Crippen molar-refractivity contribution < 1.29 is 4.79 Å². The Morgan fingerprint density at radius 1 is 1.29 bits per heavy atom. The summed E-state index contributed by atoms with van der Waals surface area (Å²) >= 11 is 5.87. The minimum Gasteiger partial charge on any atom is -0.351 e. The molecule has 0 saturated heterocycles. The highest BCUT2D eigenvalue weighted by atomic mass is 35.5. The third-order valence-electron chi connectivity index (χ3n) is 4.89. The average molecular weight is 348 g/mol. The van der Waals surface area contributed by atoms with E-state index in [1.165, 1.54) is 17.6 Å². The molecule has 1 saturated carbocycles. The van der Waals surface area contributed by atoms with Gasteiger partial charge in [0.1, 0.15) is 6.54 Å². The summed E-state index contributed by atoms with van der Waals surface area (Å²) in [4.78, 5) is 13.6. The van der Waals surface area contributed by atoms with E-state index in [-0.39, 0.29) is 18.5 Å². The Hall–Kier alpha value is -1.95. The Balaban J connectivity index is 1.60. The molecule has 7 heteroatoms. The second-order valence-electron chi connectivity index (χ2n) is 6.59. The lowest BCUT2D eigenvalue weighted by Gasteiger charge is -2.34. The summed E-state index contributed by atoms with van der Waals surface area (Å²) in [6, 6.07) is 7.44. The van der Waals surface area contributed by atoms with Crippen molar-refractivity contribution in [1.29, 1.82) is 0 Å². The van der Waals surface area contributed by atoms with E-state index < -0.39 is 0 Å². The molecule has 1 aliphatic carbocycles. The topological polar surface area (TPSA) is 72.7 Å². The van der Waals surface area contributed by atoms with E-state index >= 15 is 0 Å². The lowest BCUT2D eigenvalue weighted by Crippen LogP contribution is -2.45. The van der Waals surface area contributed by atoms with Gasteiger partial charge in [0.15, 0.2) is 0 Å². The van der Waals surface area contributed by atoms with Gasteiger partial charge in [0.25, 0.3) is 0 Å². The van der Waals surface area contributed by atoms with Crippen LogP contribution in [0.1, 0.15) is 33.1 Å². The van der Waals surface area contributed by atoms with Crippen LogP contribution in [0.2, 0.25) is 5.02 Å². The maximum atomic E-state index is 12.3. The Kier molecular flexibility index (Phi) is 5.14. The number of nitrogens with one attached hydrogen (secondary N) is 1. The van der Waals surface area contributed by atoms with Gasteiger partial charge in [-0.25, -0.2) is 0 Å². The minimum atomic E-state index is -0.0685. The van der Waals surface area contributed by atoms with Gasteiger partial charge in [-0.05, 0) is 47.7 Å². The smallest absolute Gasteiger partial charge is 0.243 e. The Morgan fingerprint density at radius 2 is 2.04 bits per heavy atom. The minimum absolute atomic E-state index is 0.0685. The van der Waals surface area contributed by atoms with Crippen LogP contribution in [-0.4, -0.2) is 32.2 Å². The first-order valence-electron chi connectivity index (χ1n) is 8.36. The predicted octanol–water partition coefficient (Wildman–Crippen LogP) is 2.93. The summed E-state index contributed by atoms with van der Waals surface area (Å²) in [5, 5.41) is 16.0. The second-order valence-corrected chi connectivity index (χ2v) is 7.03. The number of halogens is 1. The molecular weight excluding hydrogens is 326 g/mol. The van der Waals surface area contributed by atoms with E-state index in [4.69, 9.17) is 11.6 Å². The number of rotatable bonds is 4. The van der Waals surface area contributed by atoms with Crippen LogP contribution < -0.4 is 5.32 Å². The van der Waals surface area contributed by atoms with Gasteiger partial charge in [-0.15, -0.1) is 10.2 Å². The third-order valence-corrected chi connectivity index (χ3v) is 5.15. The Bertz CT molecular complexity index is 699. The van der Waals surface area contributed by atoms with E-state index in [1.807, 2.05) is 12.1 Å². The first-order valence-corrected chi connectivity index (χ1v) is 8.74. The number of hydrogen-bond acceptors (Lipinski definition) is 4. The maximum absolute atomic E-state index is 12.3. The van der Waals surface area contributed by atoms with Gasteiger partial charge in [-0.2, -0.15) is 4.80 Å². The highest BCUT2D eigenvalue weighted by molar-refractivity contribution is 6.30. The fraction of sp³-hybridized carbons (Fsp3) is 0.529. The van der Waals surface area contributed by atoms with Crippen LogP contribution in [0.4, 0.5) is 0 Å². The number of tetrazole rings is 1. The molecule has 1 N–H and O–H groups in total. The van der Waals surface area contributed by atoms with Gasteiger partial charge in [0.05, 0.1) is 0 Å². The highest BCUT2D eigenvalue weighted by Crippen LogP contribution is 2.29. The van der Waals surface area contributed by atoms with E-state index in [0.29, 0.717) is 22.7 Å². The van der Waals surface area contributed by atoms with Crippen LogP contribution in [0.15, 0.2) is 24.3 Å². The standard InChI is InChI=1S/C17H22ClN5O/c1-11-4-3-5-15(12(11)2)19-16(24)10-23-21-17(20-22-23)13-6-8-14(18)9-7-13/h6-9,11-12,15H,3-5,10H2,1-2H3,(H,19,24)/t11-,12+,15+/m1/s1. The molecule has 1 aromatic heterocycles. The van der Waals surface area contributed by atoms with Crippen LogP contribution in [0.25, 0.3) is 11.4 Å². The quantitative estimate of drug-likeness (QED) is 0.922.